The average molecular weight is 543 g/mol. The zero-order valence-electron chi connectivity index (χ0n) is 17.9. The van der Waals surface area contributed by atoms with Crippen molar-refractivity contribution in [1.82, 2.24) is 10.2 Å². The molecule has 0 bridgehead atoms. The van der Waals surface area contributed by atoms with Gasteiger partial charge in [0.15, 0.2) is 0 Å². The van der Waals surface area contributed by atoms with Crippen LogP contribution in [-0.4, -0.2) is 93.2 Å². The molecular weight excluding hydrogens is 523 g/mol. The second kappa shape index (κ2) is 11.7. The predicted molar refractivity (Wildman–Crippen MR) is 114 cm³/mol. The number of carbonyl (C=O) groups is 5. The van der Waals surface area contributed by atoms with Gasteiger partial charge in [0.05, 0.1) is 6.61 Å². The smallest absolute Gasteiger partial charge is 0.490 e. The number of thioether (sulfide) groups is 2. The third-order valence-corrected chi connectivity index (χ3v) is 6.64. The van der Waals surface area contributed by atoms with Crippen LogP contribution in [-0.2, 0) is 33.4 Å². The highest BCUT2D eigenvalue weighted by atomic mass is 32.2. The summed E-state index contributed by atoms with van der Waals surface area (Å²) in [6.07, 6.45) is -5.08. The number of rotatable bonds is 6. The number of nitrogens with zero attached hydrogens (tertiary/aromatic N) is 1. The molecule has 5 N–H and O–H groups in total. The molecule has 3 aliphatic rings. The summed E-state index contributed by atoms with van der Waals surface area (Å²) in [4.78, 5) is 57.6. The number of hydrogen-bond acceptors (Lipinski definition) is 10. The Balaban J connectivity index is 0.000000540. The van der Waals surface area contributed by atoms with E-state index in [1.807, 2.05) is 0 Å². The van der Waals surface area contributed by atoms with Crippen LogP contribution in [0, 0.1) is 0 Å². The maximum absolute atomic E-state index is 12.5. The zero-order chi connectivity index (χ0) is 26.5. The van der Waals surface area contributed by atoms with Gasteiger partial charge in [0.25, 0.3) is 5.91 Å². The van der Waals surface area contributed by atoms with E-state index >= 15 is 0 Å². The third kappa shape index (κ3) is 7.04. The molecule has 0 aromatic heterocycles. The number of carbonyl (C=O) groups excluding carboxylic acids is 3. The van der Waals surface area contributed by atoms with Crippen molar-refractivity contribution >= 4 is 53.2 Å². The number of fused-ring (bicyclic) bond motifs is 1. The van der Waals surface area contributed by atoms with Crippen LogP contribution in [0.1, 0.15) is 6.92 Å². The van der Waals surface area contributed by atoms with Crippen molar-refractivity contribution < 1.29 is 56.8 Å². The molecule has 3 aliphatic heterocycles. The minimum atomic E-state index is -5.08. The molecular formula is C18H20F3N3O9S2. The molecule has 12 nitrogen and oxygen atoms in total. The van der Waals surface area contributed by atoms with Crippen LogP contribution in [0.4, 0.5) is 13.2 Å². The van der Waals surface area contributed by atoms with E-state index in [0.717, 1.165) is 10.7 Å². The van der Waals surface area contributed by atoms with Crippen molar-refractivity contribution in [2.75, 3.05) is 24.7 Å². The van der Waals surface area contributed by atoms with Gasteiger partial charge in [-0.2, -0.15) is 13.2 Å². The van der Waals surface area contributed by atoms with Crippen LogP contribution in [0.3, 0.4) is 0 Å². The Morgan fingerprint density at radius 1 is 1.34 bits per heavy atom. The number of aliphatic carboxylic acids is 2. The standard InChI is InChI=1S/C16H19N3O7S2.C2HF3O2/c1-7(20)26-4-8-5-28-15-11(14(22)19(15)12(8)16(23)24)18-13(21)10(17)9-6-27-3-2-25-9;3-2(4,5)1(6)7/h6,10-11,15H,2-5,17H2,1H3,(H,18,21)(H,23,24);(H,6,7). The van der Waals surface area contributed by atoms with Gasteiger partial charge >= 0.3 is 24.1 Å². The molecule has 35 heavy (non-hydrogen) atoms. The quantitative estimate of drug-likeness (QED) is 0.257. The van der Waals surface area contributed by atoms with Crippen LogP contribution in [0.2, 0.25) is 0 Å². The molecule has 0 aliphatic carbocycles. The first-order valence-corrected chi connectivity index (χ1v) is 11.7. The number of carboxylic acid groups (broad SMARTS) is 2. The van der Waals surface area contributed by atoms with Gasteiger partial charge in [0.1, 0.15) is 35.5 Å². The number of amides is 2. The van der Waals surface area contributed by atoms with Crippen molar-refractivity contribution in [3.63, 3.8) is 0 Å². The van der Waals surface area contributed by atoms with E-state index in [9.17, 15) is 37.5 Å². The van der Waals surface area contributed by atoms with Crippen LogP contribution >= 0.6 is 23.5 Å². The van der Waals surface area contributed by atoms with Crippen molar-refractivity contribution in [2.45, 2.75) is 30.6 Å². The van der Waals surface area contributed by atoms with Crippen molar-refractivity contribution in [2.24, 2.45) is 5.73 Å². The van der Waals surface area contributed by atoms with Gasteiger partial charge in [-0.05, 0) is 0 Å². The first kappa shape index (κ1) is 28.3. The highest BCUT2D eigenvalue weighted by Gasteiger charge is 2.54. The highest BCUT2D eigenvalue weighted by Crippen LogP contribution is 2.40. The largest absolute Gasteiger partial charge is 0.494 e. The average Bonchev–Trinajstić information content (AvgIpc) is 2.79. The Morgan fingerprint density at radius 3 is 2.46 bits per heavy atom. The van der Waals surface area contributed by atoms with Crippen LogP contribution in [0.25, 0.3) is 0 Å². The number of β-lactam (4-membered cyclic amide) rings is 1. The molecule has 0 aromatic rings. The zero-order valence-corrected chi connectivity index (χ0v) is 19.5. The summed E-state index contributed by atoms with van der Waals surface area (Å²) in [5.74, 6) is -4.35. The lowest BCUT2D eigenvalue weighted by Crippen LogP contribution is -2.71. The lowest BCUT2D eigenvalue weighted by Gasteiger charge is -2.49. The molecule has 0 saturated carbocycles. The van der Waals surface area contributed by atoms with Gasteiger partial charge in [-0.25, -0.2) is 9.59 Å². The first-order chi connectivity index (χ1) is 16.3. The van der Waals surface area contributed by atoms with Crippen LogP contribution in [0.15, 0.2) is 22.4 Å². The van der Waals surface area contributed by atoms with E-state index in [4.69, 9.17) is 25.1 Å². The van der Waals surface area contributed by atoms with Gasteiger partial charge in [0, 0.05) is 29.4 Å². The van der Waals surface area contributed by atoms with E-state index in [1.54, 1.807) is 5.41 Å². The number of halogens is 3. The van der Waals surface area contributed by atoms with E-state index in [-0.39, 0.29) is 18.1 Å². The summed E-state index contributed by atoms with van der Waals surface area (Å²) < 4.78 is 42.0. The van der Waals surface area contributed by atoms with Gasteiger partial charge in [-0.1, -0.05) is 0 Å². The van der Waals surface area contributed by atoms with Gasteiger partial charge in [-0.3, -0.25) is 19.3 Å². The lowest BCUT2D eigenvalue weighted by molar-refractivity contribution is -0.192. The Hall–Kier alpha value is -2.92. The fourth-order valence-corrected chi connectivity index (χ4v) is 4.90. The molecule has 3 unspecified atom stereocenters. The summed E-state index contributed by atoms with van der Waals surface area (Å²) in [6.45, 7) is 1.46. The summed E-state index contributed by atoms with van der Waals surface area (Å²) >= 11 is 2.77. The summed E-state index contributed by atoms with van der Waals surface area (Å²) in [5, 5.41) is 20.3. The predicted octanol–water partition coefficient (Wildman–Crippen LogP) is -0.146. The van der Waals surface area contributed by atoms with Crippen molar-refractivity contribution in [3.05, 3.63) is 22.4 Å². The number of alkyl halides is 3. The number of carboxylic acids is 2. The number of nitrogens with two attached hydrogens (primary N) is 1. The molecule has 3 rings (SSSR count). The monoisotopic (exact) mass is 543 g/mol. The SMILES string of the molecule is CC(=O)OCC1=C(C(=O)O)N2C(=O)C(NC(=O)C(N)C3=CSCCO3)C2SC1.O=C(O)C(F)(F)F. The van der Waals surface area contributed by atoms with Gasteiger partial charge in [0.2, 0.25) is 5.91 Å². The van der Waals surface area contributed by atoms with Crippen molar-refractivity contribution in [3.8, 4) is 0 Å². The lowest BCUT2D eigenvalue weighted by atomic mass is 10.0. The van der Waals surface area contributed by atoms with Gasteiger partial charge < -0.3 is 30.7 Å². The first-order valence-electron chi connectivity index (χ1n) is 9.59. The van der Waals surface area contributed by atoms with Gasteiger partial charge in [-0.15, -0.1) is 23.5 Å². The minimum absolute atomic E-state index is 0.203. The fourth-order valence-electron chi connectivity index (χ4n) is 2.90. The Morgan fingerprint density at radius 2 is 1.97 bits per heavy atom. The summed E-state index contributed by atoms with van der Waals surface area (Å²) in [5.41, 5.74) is 6.02. The maximum atomic E-state index is 12.5. The number of nitrogens with one attached hydrogen (secondary N) is 1. The number of ether oxygens (including phenoxy) is 2. The molecule has 3 heterocycles. The molecule has 0 radical (unpaired) electrons. The summed E-state index contributed by atoms with van der Waals surface area (Å²) in [7, 11) is 0. The molecule has 0 aromatic carbocycles. The Labute approximate surface area is 204 Å². The third-order valence-electron chi connectivity index (χ3n) is 4.50. The Bertz CT molecular complexity index is 971. The number of hydrogen-bond donors (Lipinski definition) is 4. The van der Waals surface area contributed by atoms with Crippen molar-refractivity contribution in [1.29, 1.82) is 0 Å². The molecule has 1 fully saturated rings. The summed E-state index contributed by atoms with van der Waals surface area (Å²) in [6, 6.07) is -1.93. The fraction of sp³-hybridized carbons (Fsp3) is 0.500. The van der Waals surface area contributed by atoms with E-state index < -0.39 is 53.4 Å². The topological polar surface area (TPSA) is 186 Å². The second-order valence-corrected chi connectivity index (χ2v) is 9.04. The molecule has 0 spiro atoms. The maximum Gasteiger partial charge on any atom is 0.490 e. The molecule has 194 valence electrons. The van der Waals surface area contributed by atoms with E-state index in [2.05, 4.69) is 5.32 Å². The molecule has 1 saturated heterocycles. The highest BCUT2D eigenvalue weighted by molar-refractivity contribution is 8.02. The molecule has 3 atom stereocenters. The number of esters is 1. The van der Waals surface area contributed by atoms with E-state index in [0.29, 0.717) is 17.9 Å². The molecule has 2 amide bonds. The second-order valence-electron chi connectivity index (χ2n) is 6.95. The normalized spacial score (nSPS) is 22.3. The minimum Gasteiger partial charge on any atom is -0.494 e. The van der Waals surface area contributed by atoms with Crippen LogP contribution in [0.5, 0.6) is 0 Å². The van der Waals surface area contributed by atoms with E-state index in [1.165, 1.54) is 30.4 Å². The Kier molecular flexibility index (Phi) is 9.45. The molecule has 17 heteroatoms. The van der Waals surface area contributed by atoms with Crippen LogP contribution < -0.4 is 11.1 Å².